The zero-order valence-electron chi connectivity index (χ0n) is 17.0. The van der Waals surface area contributed by atoms with Crippen LogP contribution in [0.5, 0.6) is 0 Å². The third kappa shape index (κ3) is 3.28. The van der Waals surface area contributed by atoms with Crippen LogP contribution in [-0.2, 0) is 22.6 Å². The molecule has 8 nitrogen and oxygen atoms in total. The topological polar surface area (TPSA) is 99.9 Å². The largest absolute Gasteiger partial charge is 0.477 e. The lowest BCUT2D eigenvalue weighted by Gasteiger charge is -2.29. The van der Waals surface area contributed by atoms with Crippen LogP contribution >= 0.6 is 0 Å². The molecule has 30 heavy (non-hydrogen) atoms. The molecule has 2 amide bonds. The molecule has 0 radical (unpaired) electrons. The van der Waals surface area contributed by atoms with E-state index in [2.05, 4.69) is 0 Å². The molecule has 1 saturated heterocycles. The van der Waals surface area contributed by atoms with Crippen molar-refractivity contribution in [1.29, 1.82) is 0 Å². The van der Waals surface area contributed by atoms with Crippen molar-refractivity contribution in [3.05, 3.63) is 57.0 Å². The fourth-order valence-electron chi connectivity index (χ4n) is 4.28. The Balaban J connectivity index is 1.87. The van der Waals surface area contributed by atoms with Gasteiger partial charge in [-0.3, -0.25) is 19.0 Å². The van der Waals surface area contributed by atoms with Gasteiger partial charge in [-0.1, -0.05) is 6.07 Å². The Morgan fingerprint density at radius 2 is 1.87 bits per heavy atom. The summed E-state index contributed by atoms with van der Waals surface area (Å²) in [5, 5.41) is 9.73. The van der Waals surface area contributed by atoms with Crippen LogP contribution < -0.4 is 10.5 Å². The molecule has 0 unspecified atom stereocenters. The molecular formula is C22H23N3O5. The molecule has 8 heteroatoms. The molecule has 0 aliphatic carbocycles. The van der Waals surface area contributed by atoms with Gasteiger partial charge in [0.15, 0.2) is 0 Å². The molecule has 1 fully saturated rings. The molecule has 0 atom stereocenters. The maximum absolute atomic E-state index is 13.1. The molecule has 0 spiro atoms. The standard InChI is InChI=1S/C22H23N3O5/c1-13-5-6-16(10-18(13)24-8-3-4-19(24)27)25-12-15-11-23(14(2)26)9-7-17(15)20(21(25)28)22(29)30/h5-6,10,12H,3-4,7-9,11H2,1-2H3,(H,29,30). The number of carbonyl (C=O) groups is 3. The highest BCUT2D eigenvalue weighted by Crippen LogP contribution is 2.28. The van der Waals surface area contributed by atoms with Gasteiger partial charge in [-0.05, 0) is 48.6 Å². The maximum Gasteiger partial charge on any atom is 0.341 e. The summed E-state index contributed by atoms with van der Waals surface area (Å²) in [7, 11) is 0. The summed E-state index contributed by atoms with van der Waals surface area (Å²) >= 11 is 0. The number of fused-ring (bicyclic) bond motifs is 1. The fourth-order valence-corrected chi connectivity index (χ4v) is 4.28. The van der Waals surface area contributed by atoms with E-state index >= 15 is 0 Å². The van der Waals surface area contributed by atoms with Crippen molar-refractivity contribution in [2.24, 2.45) is 0 Å². The third-order valence-corrected chi connectivity index (χ3v) is 5.89. The predicted octanol–water partition coefficient (Wildman–Crippen LogP) is 1.88. The number of anilines is 1. The van der Waals surface area contributed by atoms with Crippen LogP contribution in [0.15, 0.2) is 29.2 Å². The van der Waals surface area contributed by atoms with Crippen LogP contribution in [0.1, 0.15) is 46.8 Å². The number of aromatic nitrogens is 1. The van der Waals surface area contributed by atoms with Gasteiger partial charge in [-0.15, -0.1) is 0 Å². The first-order valence-corrected chi connectivity index (χ1v) is 9.95. The normalized spacial score (nSPS) is 16.0. The first-order chi connectivity index (χ1) is 14.3. The van der Waals surface area contributed by atoms with Crippen LogP contribution in [0.25, 0.3) is 5.69 Å². The Bertz CT molecular complexity index is 1130. The molecule has 2 aliphatic rings. The predicted molar refractivity (Wildman–Crippen MR) is 110 cm³/mol. The lowest BCUT2D eigenvalue weighted by molar-refractivity contribution is -0.129. The summed E-state index contributed by atoms with van der Waals surface area (Å²) < 4.78 is 1.31. The first kappa shape index (κ1) is 19.9. The number of pyridine rings is 1. The molecule has 2 aliphatic heterocycles. The number of carboxylic acids is 1. The van der Waals surface area contributed by atoms with Gasteiger partial charge in [-0.2, -0.15) is 0 Å². The number of carbonyl (C=O) groups excluding carboxylic acids is 2. The number of aromatic carboxylic acids is 1. The van der Waals surface area contributed by atoms with E-state index in [0.29, 0.717) is 42.7 Å². The highest BCUT2D eigenvalue weighted by Gasteiger charge is 2.28. The van der Waals surface area contributed by atoms with Crippen molar-refractivity contribution < 1.29 is 19.5 Å². The molecular weight excluding hydrogens is 386 g/mol. The third-order valence-electron chi connectivity index (χ3n) is 5.89. The molecule has 1 aromatic carbocycles. The summed E-state index contributed by atoms with van der Waals surface area (Å²) in [5.41, 5.74) is 2.39. The van der Waals surface area contributed by atoms with Gasteiger partial charge >= 0.3 is 5.97 Å². The van der Waals surface area contributed by atoms with E-state index in [-0.39, 0.29) is 23.9 Å². The summed E-state index contributed by atoms with van der Waals surface area (Å²) in [4.78, 5) is 52.4. The highest BCUT2D eigenvalue weighted by molar-refractivity contribution is 5.96. The zero-order chi connectivity index (χ0) is 21.6. The molecule has 2 aromatic rings. The number of benzene rings is 1. The Labute approximate surface area is 173 Å². The van der Waals surface area contributed by atoms with Crippen molar-refractivity contribution in [3.8, 4) is 5.69 Å². The summed E-state index contributed by atoms with van der Waals surface area (Å²) in [6.07, 6.45) is 3.23. The number of aryl methyl sites for hydroxylation is 1. The van der Waals surface area contributed by atoms with Gasteiger partial charge in [0.25, 0.3) is 5.56 Å². The number of nitrogens with zero attached hydrogens (tertiary/aromatic N) is 3. The van der Waals surface area contributed by atoms with Gasteiger partial charge in [0.05, 0.1) is 5.69 Å². The second-order valence-corrected chi connectivity index (χ2v) is 7.80. The lowest BCUT2D eigenvalue weighted by Crippen LogP contribution is -2.38. The molecule has 0 saturated carbocycles. The number of amides is 2. The average molecular weight is 409 g/mol. The Morgan fingerprint density at radius 1 is 1.10 bits per heavy atom. The van der Waals surface area contributed by atoms with Crippen molar-refractivity contribution in [2.45, 2.75) is 39.7 Å². The average Bonchev–Trinajstić information content (AvgIpc) is 3.13. The van der Waals surface area contributed by atoms with Crippen LogP contribution in [0.2, 0.25) is 0 Å². The quantitative estimate of drug-likeness (QED) is 0.834. The summed E-state index contributed by atoms with van der Waals surface area (Å²) in [6.45, 7) is 4.63. The zero-order valence-corrected chi connectivity index (χ0v) is 17.0. The van der Waals surface area contributed by atoms with E-state index in [1.54, 1.807) is 28.1 Å². The van der Waals surface area contributed by atoms with Gasteiger partial charge < -0.3 is 14.9 Å². The van der Waals surface area contributed by atoms with Gasteiger partial charge in [0, 0.05) is 44.9 Å². The number of hydrogen-bond acceptors (Lipinski definition) is 4. The van der Waals surface area contributed by atoms with Crippen molar-refractivity contribution in [1.82, 2.24) is 9.47 Å². The summed E-state index contributed by atoms with van der Waals surface area (Å²) in [6, 6.07) is 5.32. The fraction of sp³-hybridized carbons (Fsp3) is 0.364. The smallest absolute Gasteiger partial charge is 0.341 e. The molecule has 1 N–H and O–H groups in total. The summed E-state index contributed by atoms with van der Waals surface area (Å²) in [5.74, 6) is -1.33. The lowest BCUT2D eigenvalue weighted by atomic mass is 9.96. The van der Waals surface area contributed by atoms with Crippen LogP contribution in [0.3, 0.4) is 0 Å². The van der Waals surface area contributed by atoms with Gasteiger partial charge in [-0.25, -0.2) is 4.79 Å². The van der Waals surface area contributed by atoms with Crippen LogP contribution in [0, 0.1) is 6.92 Å². The Hall–Kier alpha value is -3.42. The number of hydrogen-bond donors (Lipinski definition) is 1. The van der Waals surface area contributed by atoms with Gasteiger partial charge in [0.1, 0.15) is 5.56 Å². The molecule has 3 heterocycles. The minimum absolute atomic E-state index is 0.0383. The van der Waals surface area contributed by atoms with E-state index in [1.807, 2.05) is 13.0 Å². The minimum Gasteiger partial charge on any atom is -0.477 e. The van der Waals surface area contributed by atoms with E-state index in [4.69, 9.17) is 0 Å². The van der Waals surface area contributed by atoms with Crippen molar-refractivity contribution in [3.63, 3.8) is 0 Å². The molecule has 156 valence electrons. The van der Waals surface area contributed by atoms with E-state index in [0.717, 1.165) is 17.7 Å². The Morgan fingerprint density at radius 3 is 2.50 bits per heavy atom. The van der Waals surface area contributed by atoms with E-state index in [9.17, 15) is 24.3 Å². The van der Waals surface area contributed by atoms with Crippen molar-refractivity contribution >= 4 is 23.5 Å². The van der Waals surface area contributed by atoms with Crippen LogP contribution in [0.4, 0.5) is 5.69 Å². The van der Waals surface area contributed by atoms with E-state index in [1.165, 1.54) is 11.5 Å². The van der Waals surface area contributed by atoms with Crippen LogP contribution in [-0.4, -0.2) is 45.4 Å². The number of rotatable bonds is 3. The van der Waals surface area contributed by atoms with Crippen molar-refractivity contribution in [2.75, 3.05) is 18.0 Å². The second-order valence-electron chi connectivity index (χ2n) is 7.80. The second kappa shape index (κ2) is 7.44. The van der Waals surface area contributed by atoms with E-state index < -0.39 is 11.5 Å². The molecule has 0 bridgehead atoms. The number of carboxylic acid groups (broad SMARTS) is 1. The SMILES string of the molecule is CC(=O)N1CCc2c(cn(-c3ccc(C)c(N4CCCC4=O)c3)c(=O)c2C(=O)O)C1. The molecule has 4 rings (SSSR count). The van der Waals surface area contributed by atoms with Gasteiger partial charge in [0.2, 0.25) is 11.8 Å². The highest BCUT2D eigenvalue weighted by atomic mass is 16.4. The monoisotopic (exact) mass is 409 g/mol. The first-order valence-electron chi connectivity index (χ1n) is 9.95. The maximum atomic E-state index is 13.1. The Kier molecular flexibility index (Phi) is 4.93. The minimum atomic E-state index is -1.27. The molecule has 1 aromatic heterocycles.